The summed E-state index contributed by atoms with van der Waals surface area (Å²) in [6.07, 6.45) is 3.95. The third-order valence-electron chi connectivity index (χ3n) is 2.88. The summed E-state index contributed by atoms with van der Waals surface area (Å²) in [5.74, 6) is 0.729. The summed E-state index contributed by atoms with van der Waals surface area (Å²) < 4.78 is 0. The summed E-state index contributed by atoms with van der Waals surface area (Å²) in [7, 11) is 0. The van der Waals surface area contributed by atoms with Crippen LogP contribution in [0.2, 0.25) is 0 Å². The smallest absolute Gasteiger partial charge is 0.246 e. The number of carbonyl (C=O) groups is 1. The van der Waals surface area contributed by atoms with Gasteiger partial charge in [0, 0.05) is 6.42 Å². The minimum absolute atomic E-state index is 0.154. The first kappa shape index (κ1) is 9.93. The molecule has 0 spiro atoms. The van der Waals surface area contributed by atoms with E-state index in [-0.39, 0.29) is 5.91 Å². The van der Waals surface area contributed by atoms with Crippen LogP contribution in [0.1, 0.15) is 25.7 Å². The Balaban J connectivity index is 1.79. The molecule has 0 aliphatic carbocycles. The number of hydroxylamine groups is 2. The molecular weight excluding hydrogens is 180 g/mol. The maximum Gasteiger partial charge on any atom is 0.246 e. The van der Waals surface area contributed by atoms with Crippen molar-refractivity contribution in [1.29, 1.82) is 0 Å². The van der Waals surface area contributed by atoms with Crippen molar-refractivity contribution in [3.63, 3.8) is 0 Å². The van der Waals surface area contributed by atoms with E-state index >= 15 is 0 Å². The molecule has 0 bridgehead atoms. The molecule has 2 saturated heterocycles. The minimum atomic E-state index is 0.154. The normalized spacial score (nSPS) is 29.3. The SMILES string of the molecule is O=C1CCCON1CC1CCCNC1. The molecule has 2 fully saturated rings. The van der Waals surface area contributed by atoms with E-state index in [1.54, 1.807) is 5.06 Å². The van der Waals surface area contributed by atoms with E-state index < -0.39 is 0 Å². The van der Waals surface area contributed by atoms with E-state index in [2.05, 4.69) is 5.32 Å². The highest BCUT2D eigenvalue weighted by Crippen LogP contribution is 2.15. The molecule has 1 N–H and O–H groups in total. The van der Waals surface area contributed by atoms with E-state index in [1.807, 2.05) is 0 Å². The first-order valence-corrected chi connectivity index (χ1v) is 5.50. The Hall–Kier alpha value is -0.610. The van der Waals surface area contributed by atoms with Gasteiger partial charge in [0.05, 0.1) is 13.2 Å². The standard InChI is InChI=1S/C10H18N2O2/c13-10-4-2-6-14-12(10)8-9-3-1-5-11-7-9/h9,11H,1-8H2. The van der Waals surface area contributed by atoms with Gasteiger partial charge in [0.2, 0.25) is 5.91 Å². The van der Waals surface area contributed by atoms with Gasteiger partial charge in [-0.15, -0.1) is 0 Å². The molecular formula is C10H18N2O2. The third kappa shape index (κ3) is 2.45. The molecule has 0 aromatic carbocycles. The number of piperidine rings is 1. The average molecular weight is 198 g/mol. The zero-order chi connectivity index (χ0) is 9.80. The van der Waals surface area contributed by atoms with Crippen molar-refractivity contribution in [2.45, 2.75) is 25.7 Å². The van der Waals surface area contributed by atoms with Crippen LogP contribution < -0.4 is 5.32 Å². The number of rotatable bonds is 2. The molecule has 0 aromatic heterocycles. The van der Waals surface area contributed by atoms with Crippen LogP contribution >= 0.6 is 0 Å². The van der Waals surface area contributed by atoms with E-state index in [9.17, 15) is 4.79 Å². The maximum absolute atomic E-state index is 11.4. The first-order chi connectivity index (χ1) is 6.86. The zero-order valence-electron chi connectivity index (χ0n) is 8.50. The van der Waals surface area contributed by atoms with Crippen molar-refractivity contribution in [1.82, 2.24) is 10.4 Å². The van der Waals surface area contributed by atoms with Gasteiger partial charge >= 0.3 is 0 Å². The Morgan fingerprint density at radius 1 is 1.50 bits per heavy atom. The summed E-state index contributed by atoms with van der Waals surface area (Å²) in [6, 6.07) is 0. The monoisotopic (exact) mass is 198 g/mol. The van der Waals surface area contributed by atoms with Crippen molar-refractivity contribution in [2.24, 2.45) is 5.92 Å². The maximum atomic E-state index is 11.4. The lowest BCUT2D eigenvalue weighted by atomic mass is 9.99. The van der Waals surface area contributed by atoms with Crippen molar-refractivity contribution in [2.75, 3.05) is 26.2 Å². The zero-order valence-corrected chi connectivity index (χ0v) is 8.50. The highest BCUT2D eigenvalue weighted by Gasteiger charge is 2.23. The number of hydrogen-bond donors (Lipinski definition) is 1. The van der Waals surface area contributed by atoms with E-state index in [4.69, 9.17) is 4.84 Å². The highest BCUT2D eigenvalue weighted by atomic mass is 16.7. The fourth-order valence-corrected chi connectivity index (χ4v) is 2.06. The largest absolute Gasteiger partial charge is 0.316 e. The second kappa shape index (κ2) is 4.75. The first-order valence-electron chi connectivity index (χ1n) is 5.50. The second-order valence-corrected chi connectivity index (χ2v) is 4.10. The third-order valence-corrected chi connectivity index (χ3v) is 2.88. The molecule has 1 amide bonds. The molecule has 4 heteroatoms. The quantitative estimate of drug-likeness (QED) is 0.704. The Morgan fingerprint density at radius 2 is 2.43 bits per heavy atom. The number of nitrogens with zero attached hydrogens (tertiary/aromatic N) is 1. The summed E-state index contributed by atoms with van der Waals surface area (Å²) >= 11 is 0. The van der Waals surface area contributed by atoms with Crippen LogP contribution in [-0.4, -0.2) is 37.2 Å². The predicted octanol–water partition coefficient (Wildman–Crippen LogP) is 0.540. The van der Waals surface area contributed by atoms with Gasteiger partial charge in [-0.2, -0.15) is 0 Å². The number of amides is 1. The van der Waals surface area contributed by atoms with Gasteiger partial charge in [0.25, 0.3) is 0 Å². The van der Waals surface area contributed by atoms with E-state index in [1.165, 1.54) is 12.8 Å². The van der Waals surface area contributed by atoms with Gasteiger partial charge < -0.3 is 5.32 Å². The van der Waals surface area contributed by atoms with Crippen molar-refractivity contribution in [3.05, 3.63) is 0 Å². The van der Waals surface area contributed by atoms with Crippen LogP contribution in [0.3, 0.4) is 0 Å². The van der Waals surface area contributed by atoms with Gasteiger partial charge in [0.15, 0.2) is 0 Å². The summed E-state index contributed by atoms with van der Waals surface area (Å²) in [4.78, 5) is 16.8. The van der Waals surface area contributed by atoms with Crippen molar-refractivity contribution in [3.8, 4) is 0 Å². The lowest BCUT2D eigenvalue weighted by Crippen LogP contribution is -2.43. The van der Waals surface area contributed by atoms with Crippen LogP contribution in [-0.2, 0) is 9.63 Å². The lowest BCUT2D eigenvalue weighted by molar-refractivity contribution is -0.201. The molecule has 0 saturated carbocycles. The molecule has 4 nitrogen and oxygen atoms in total. The molecule has 14 heavy (non-hydrogen) atoms. The summed E-state index contributed by atoms with van der Waals surface area (Å²) in [5, 5.41) is 4.92. The van der Waals surface area contributed by atoms with Crippen LogP contribution in [0, 0.1) is 5.92 Å². The molecule has 2 rings (SSSR count). The Labute approximate surface area is 84.6 Å². The van der Waals surface area contributed by atoms with E-state index in [0.29, 0.717) is 18.9 Å². The Bertz CT molecular complexity index is 202. The average Bonchev–Trinajstić information content (AvgIpc) is 2.23. The Morgan fingerprint density at radius 3 is 3.14 bits per heavy atom. The van der Waals surface area contributed by atoms with Gasteiger partial charge in [-0.3, -0.25) is 9.63 Å². The number of carbonyl (C=O) groups excluding carboxylic acids is 1. The fourth-order valence-electron chi connectivity index (χ4n) is 2.06. The number of hydrogen-bond acceptors (Lipinski definition) is 3. The highest BCUT2D eigenvalue weighted by molar-refractivity contribution is 5.75. The molecule has 1 unspecified atom stereocenters. The van der Waals surface area contributed by atoms with Gasteiger partial charge in [-0.25, -0.2) is 5.06 Å². The van der Waals surface area contributed by atoms with Gasteiger partial charge in [0.1, 0.15) is 0 Å². The van der Waals surface area contributed by atoms with Gasteiger partial charge in [-0.05, 0) is 38.3 Å². The minimum Gasteiger partial charge on any atom is -0.316 e. The second-order valence-electron chi connectivity index (χ2n) is 4.10. The summed E-state index contributed by atoms with van der Waals surface area (Å²) in [6.45, 7) is 3.61. The number of nitrogens with one attached hydrogen (secondary N) is 1. The summed E-state index contributed by atoms with van der Waals surface area (Å²) in [5.41, 5.74) is 0. The van der Waals surface area contributed by atoms with E-state index in [0.717, 1.165) is 26.1 Å². The molecule has 1 atom stereocenters. The predicted molar refractivity (Wildman–Crippen MR) is 52.5 cm³/mol. The molecule has 2 heterocycles. The Kier molecular flexibility index (Phi) is 3.37. The molecule has 2 aliphatic heterocycles. The molecule has 0 aromatic rings. The molecule has 2 aliphatic rings. The topological polar surface area (TPSA) is 41.6 Å². The fraction of sp³-hybridized carbons (Fsp3) is 0.900. The van der Waals surface area contributed by atoms with Crippen LogP contribution in [0.15, 0.2) is 0 Å². The lowest BCUT2D eigenvalue weighted by Gasteiger charge is -2.31. The molecule has 0 radical (unpaired) electrons. The van der Waals surface area contributed by atoms with Crippen LogP contribution in [0.25, 0.3) is 0 Å². The van der Waals surface area contributed by atoms with Gasteiger partial charge in [-0.1, -0.05) is 0 Å². The van der Waals surface area contributed by atoms with Crippen LogP contribution in [0.5, 0.6) is 0 Å². The van der Waals surface area contributed by atoms with Crippen molar-refractivity contribution < 1.29 is 9.63 Å². The van der Waals surface area contributed by atoms with Crippen molar-refractivity contribution >= 4 is 5.91 Å². The van der Waals surface area contributed by atoms with Crippen LogP contribution in [0.4, 0.5) is 0 Å². The molecule has 80 valence electrons.